The van der Waals surface area contributed by atoms with Crippen molar-refractivity contribution in [2.45, 2.75) is 6.92 Å². The Morgan fingerprint density at radius 2 is 1.94 bits per heavy atom. The Kier molecular flexibility index (Phi) is 6.60. The summed E-state index contributed by atoms with van der Waals surface area (Å²) in [5, 5.41) is 17.9. The summed E-state index contributed by atoms with van der Waals surface area (Å²) in [6.45, 7) is 8.63. The van der Waals surface area contributed by atoms with Gasteiger partial charge in [-0.05, 0) is 13.0 Å². The lowest BCUT2D eigenvalue weighted by molar-refractivity contribution is -0.132. The van der Waals surface area contributed by atoms with Crippen LogP contribution in [0.15, 0.2) is 59.9 Å². The number of hydrogen-bond acceptors (Lipinski definition) is 3. The fourth-order valence-electron chi connectivity index (χ4n) is 1.23. The minimum absolute atomic E-state index is 0.0206. The van der Waals surface area contributed by atoms with E-state index in [0.717, 1.165) is 0 Å². The molecule has 0 heterocycles. The second-order valence-electron chi connectivity index (χ2n) is 3.29. The van der Waals surface area contributed by atoms with Crippen molar-refractivity contribution in [3.8, 4) is 6.07 Å². The van der Waals surface area contributed by atoms with Gasteiger partial charge in [0, 0.05) is 16.7 Å². The standard InChI is InChI=1S/C14H15NO3/c1-5-11(9-18-4)13(7-10(3)8-15)12(6-2)14(16)17/h5-7,9H,1-2H2,3-4H3,(H,16,17)/b10-7+,11-9-,13-12-. The number of nitriles is 1. The third-order valence-corrected chi connectivity index (χ3v) is 2.04. The number of allylic oxidation sites excluding steroid dienone is 5. The SMILES string of the molecule is C=CC(=C/OC)/C(/C=C(\C)C#N)=C(/C=C)C(=O)O. The lowest BCUT2D eigenvalue weighted by atomic mass is 9.98. The molecule has 4 heteroatoms. The minimum atomic E-state index is -1.13. The van der Waals surface area contributed by atoms with Crippen LogP contribution in [0, 0.1) is 11.3 Å². The summed E-state index contributed by atoms with van der Waals surface area (Å²) in [7, 11) is 1.44. The summed E-state index contributed by atoms with van der Waals surface area (Å²) < 4.78 is 4.86. The summed E-state index contributed by atoms with van der Waals surface area (Å²) in [5.41, 5.74) is 1.14. The van der Waals surface area contributed by atoms with Gasteiger partial charge < -0.3 is 9.84 Å². The van der Waals surface area contributed by atoms with E-state index in [0.29, 0.717) is 16.7 Å². The first-order valence-corrected chi connectivity index (χ1v) is 5.06. The molecular formula is C14H15NO3. The summed E-state index contributed by atoms with van der Waals surface area (Å²) in [5.74, 6) is -1.13. The average molecular weight is 245 g/mol. The number of nitrogens with zero attached hydrogens (tertiary/aromatic N) is 1. The van der Waals surface area contributed by atoms with E-state index in [9.17, 15) is 4.79 Å². The van der Waals surface area contributed by atoms with Crippen LogP contribution in [-0.2, 0) is 9.53 Å². The molecule has 0 aromatic heterocycles. The van der Waals surface area contributed by atoms with Gasteiger partial charge in [-0.3, -0.25) is 0 Å². The van der Waals surface area contributed by atoms with Gasteiger partial charge in [0.2, 0.25) is 0 Å². The molecule has 0 aliphatic heterocycles. The van der Waals surface area contributed by atoms with Crippen molar-refractivity contribution in [2.75, 3.05) is 7.11 Å². The summed E-state index contributed by atoms with van der Waals surface area (Å²) in [4.78, 5) is 11.1. The molecule has 1 N–H and O–H groups in total. The van der Waals surface area contributed by atoms with Gasteiger partial charge in [-0.25, -0.2) is 4.79 Å². The molecule has 0 aliphatic rings. The molecule has 0 aromatic carbocycles. The van der Waals surface area contributed by atoms with E-state index in [4.69, 9.17) is 15.1 Å². The van der Waals surface area contributed by atoms with Crippen molar-refractivity contribution in [3.63, 3.8) is 0 Å². The summed E-state index contributed by atoms with van der Waals surface area (Å²) in [6.07, 6.45) is 5.48. The average Bonchev–Trinajstić information content (AvgIpc) is 2.35. The normalized spacial score (nSPS) is 13.2. The Morgan fingerprint density at radius 3 is 2.28 bits per heavy atom. The van der Waals surface area contributed by atoms with E-state index >= 15 is 0 Å². The fraction of sp³-hybridized carbons (Fsp3) is 0.143. The van der Waals surface area contributed by atoms with Gasteiger partial charge in [-0.1, -0.05) is 25.3 Å². The van der Waals surface area contributed by atoms with Crippen molar-refractivity contribution in [1.29, 1.82) is 5.26 Å². The second kappa shape index (κ2) is 7.69. The smallest absolute Gasteiger partial charge is 0.336 e. The molecule has 0 unspecified atom stereocenters. The second-order valence-corrected chi connectivity index (χ2v) is 3.29. The Bertz CT molecular complexity index is 488. The molecule has 0 fully saturated rings. The molecule has 0 rings (SSSR count). The van der Waals surface area contributed by atoms with Crippen LogP contribution in [0.5, 0.6) is 0 Å². The van der Waals surface area contributed by atoms with Crippen molar-refractivity contribution in [2.24, 2.45) is 0 Å². The largest absolute Gasteiger partial charge is 0.504 e. The number of aliphatic carboxylic acids is 1. The van der Waals surface area contributed by atoms with Crippen LogP contribution in [-0.4, -0.2) is 18.2 Å². The Hall–Kier alpha value is -2.54. The first kappa shape index (κ1) is 15.5. The fourth-order valence-corrected chi connectivity index (χ4v) is 1.23. The Morgan fingerprint density at radius 1 is 1.33 bits per heavy atom. The van der Waals surface area contributed by atoms with Crippen LogP contribution in [0.25, 0.3) is 0 Å². The Labute approximate surface area is 106 Å². The zero-order valence-electron chi connectivity index (χ0n) is 10.4. The zero-order valence-corrected chi connectivity index (χ0v) is 10.4. The summed E-state index contributed by atoms with van der Waals surface area (Å²) in [6, 6.07) is 1.93. The lowest BCUT2D eigenvalue weighted by Crippen LogP contribution is -2.03. The van der Waals surface area contributed by atoms with Crippen LogP contribution in [0.3, 0.4) is 0 Å². The maximum absolute atomic E-state index is 11.1. The molecule has 18 heavy (non-hydrogen) atoms. The Balaban J connectivity index is 6.11. The van der Waals surface area contributed by atoms with E-state index in [-0.39, 0.29) is 5.57 Å². The number of ether oxygens (including phenoxy) is 1. The lowest BCUT2D eigenvalue weighted by Gasteiger charge is -2.07. The highest BCUT2D eigenvalue weighted by Gasteiger charge is 2.12. The molecule has 0 amide bonds. The molecule has 0 radical (unpaired) electrons. The van der Waals surface area contributed by atoms with Gasteiger partial charge in [0.25, 0.3) is 0 Å². The van der Waals surface area contributed by atoms with Crippen LogP contribution in [0.4, 0.5) is 0 Å². The van der Waals surface area contributed by atoms with E-state index < -0.39 is 5.97 Å². The number of carbonyl (C=O) groups is 1. The predicted octanol–water partition coefficient (Wildman–Crippen LogP) is 2.74. The highest BCUT2D eigenvalue weighted by atomic mass is 16.5. The van der Waals surface area contributed by atoms with Gasteiger partial charge in [0.1, 0.15) is 0 Å². The molecule has 0 bridgehead atoms. The number of carboxylic acids is 1. The highest BCUT2D eigenvalue weighted by molar-refractivity contribution is 5.92. The quantitative estimate of drug-likeness (QED) is 0.338. The van der Waals surface area contributed by atoms with E-state index in [1.165, 1.54) is 31.6 Å². The van der Waals surface area contributed by atoms with Gasteiger partial charge in [-0.15, -0.1) is 0 Å². The van der Waals surface area contributed by atoms with Gasteiger partial charge >= 0.3 is 5.97 Å². The molecule has 0 atom stereocenters. The molecule has 0 saturated heterocycles. The number of methoxy groups -OCH3 is 1. The van der Waals surface area contributed by atoms with Gasteiger partial charge in [0.15, 0.2) is 0 Å². The molecule has 4 nitrogen and oxygen atoms in total. The van der Waals surface area contributed by atoms with Crippen molar-refractivity contribution < 1.29 is 14.6 Å². The predicted molar refractivity (Wildman–Crippen MR) is 69.5 cm³/mol. The highest BCUT2D eigenvalue weighted by Crippen LogP contribution is 2.20. The van der Waals surface area contributed by atoms with Crippen molar-refractivity contribution >= 4 is 5.97 Å². The van der Waals surface area contributed by atoms with Crippen LogP contribution < -0.4 is 0 Å². The maximum atomic E-state index is 11.1. The monoisotopic (exact) mass is 245 g/mol. The van der Waals surface area contributed by atoms with Crippen molar-refractivity contribution in [3.05, 3.63) is 59.9 Å². The molecule has 0 spiro atoms. The molecular weight excluding hydrogens is 230 g/mol. The number of rotatable bonds is 6. The van der Waals surface area contributed by atoms with E-state index in [1.807, 2.05) is 6.07 Å². The molecule has 0 aliphatic carbocycles. The van der Waals surface area contributed by atoms with Crippen LogP contribution in [0.1, 0.15) is 6.92 Å². The third kappa shape index (κ3) is 4.14. The van der Waals surface area contributed by atoms with Crippen LogP contribution in [0.2, 0.25) is 0 Å². The summed E-state index contributed by atoms with van der Waals surface area (Å²) >= 11 is 0. The first-order valence-electron chi connectivity index (χ1n) is 5.06. The topological polar surface area (TPSA) is 70.3 Å². The first-order chi connectivity index (χ1) is 8.51. The third-order valence-electron chi connectivity index (χ3n) is 2.04. The minimum Gasteiger partial charge on any atom is -0.504 e. The zero-order chi connectivity index (χ0) is 14.1. The van der Waals surface area contributed by atoms with E-state index in [2.05, 4.69) is 13.2 Å². The van der Waals surface area contributed by atoms with Gasteiger partial charge in [0.05, 0.1) is 25.0 Å². The molecule has 94 valence electrons. The maximum Gasteiger partial charge on any atom is 0.336 e. The van der Waals surface area contributed by atoms with Crippen molar-refractivity contribution in [1.82, 2.24) is 0 Å². The van der Waals surface area contributed by atoms with Crippen LogP contribution >= 0.6 is 0 Å². The number of carboxylic acid groups (broad SMARTS) is 1. The molecule has 0 saturated carbocycles. The number of hydrogen-bond donors (Lipinski definition) is 1. The molecule has 0 aromatic rings. The van der Waals surface area contributed by atoms with E-state index in [1.54, 1.807) is 6.92 Å². The van der Waals surface area contributed by atoms with Gasteiger partial charge in [-0.2, -0.15) is 5.26 Å².